The third kappa shape index (κ3) is 2.13. The fourth-order valence-corrected chi connectivity index (χ4v) is 5.66. The van der Waals surface area contributed by atoms with E-state index in [-0.39, 0.29) is 6.04 Å². The van der Waals surface area contributed by atoms with E-state index in [4.69, 9.17) is 0 Å². The predicted molar refractivity (Wildman–Crippen MR) is 81.4 cm³/mol. The second-order valence-electron chi connectivity index (χ2n) is 4.98. The van der Waals surface area contributed by atoms with Crippen LogP contribution in [0.15, 0.2) is 29.4 Å². The van der Waals surface area contributed by atoms with Gasteiger partial charge in [-0.3, -0.25) is 0 Å². The van der Waals surface area contributed by atoms with Gasteiger partial charge in [-0.25, -0.2) is 13.4 Å². The Morgan fingerprint density at radius 1 is 1.45 bits per heavy atom. The summed E-state index contributed by atoms with van der Waals surface area (Å²) < 4.78 is 27.4. The van der Waals surface area contributed by atoms with Crippen molar-refractivity contribution in [1.29, 1.82) is 0 Å². The van der Waals surface area contributed by atoms with Gasteiger partial charge >= 0.3 is 0 Å². The minimum atomic E-state index is -3.48. The number of aromatic amines is 1. The van der Waals surface area contributed by atoms with Gasteiger partial charge in [0.05, 0.1) is 0 Å². The molecule has 108 valence electrons. The van der Waals surface area contributed by atoms with Gasteiger partial charge in [0.1, 0.15) is 10.5 Å². The summed E-state index contributed by atoms with van der Waals surface area (Å²) in [5.41, 5.74) is 0.609. The van der Waals surface area contributed by atoms with Crippen molar-refractivity contribution >= 4 is 32.8 Å². The van der Waals surface area contributed by atoms with Gasteiger partial charge in [0, 0.05) is 41.4 Å². The van der Waals surface area contributed by atoms with Crippen LogP contribution in [0.25, 0.3) is 11.0 Å². The molecular weight excluding hydrogens is 294 g/mol. The number of nitrogens with zero attached hydrogens (tertiary/aromatic N) is 2. The molecule has 1 aliphatic heterocycles. The molecule has 0 saturated carbocycles. The lowest BCUT2D eigenvalue weighted by atomic mass is 10.2. The highest BCUT2D eigenvalue weighted by Gasteiger charge is 2.36. The van der Waals surface area contributed by atoms with Crippen LogP contribution in [0, 0.1) is 0 Å². The van der Waals surface area contributed by atoms with Crippen LogP contribution in [-0.2, 0) is 10.0 Å². The molecule has 2 atom stereocenters. The maximum atomic E-state index is 12.9. The lowest BCUT2D eigenvalue weighted by molar-refractivity contribution is 0.340. The highest BCUT2D eigenvalue weighted by molar-refractivity contribution is 8.00. The molecule has 1 N–H and O–H groups in total. The van der Waals surface area contributed by atoms with Crippen molar-refractivity contribution in [2.75, 3.05) is 12.3 Å². The Morgan fingerprint density at radius 3 is 3.05 bits per heavy atom. The Kier molecular flexibility index (Phi) is 3.51. The number of hydrogen-bond acceptors (Lipinski definition) is 4. The molecule has 0 radical (unpaired) electrons. The number of thioether (sulfide) groups is 1. The van der Waals surface area contributed by atoms with E-state index in [1.807, 2.05) is 18.7 Å². The van der Waals surface area contributed by atoms with E-state index >= 15 is 0 Å². The third-order valence-corrected chi connectivity index (χ3v) is 7.19. The smallest absolute Gasteiger partial charge is 0.245 e. The molecule has 20 heavy (non-hydrogen) atoms. The minimum Gasteiger partial charge on any atom is -0.345 e. The van der Waals surface area contributed by atoms with Crippen LogP contribution in [0.1, 0.15) is 13.8 Å². The van der Waals surface area contributed by atoms with E-state index in [1.54, 1.807) is 28.8 Å². The predicted octanol–water partition coefficient (Wildman–Crippen LogP) is 2.08. The molecule has 5 nitrogen and oxygen atoms in total. The lowest BCUT2D eigenvalue weighted by Gasteiger charge is -2.36. The number of rotatable bonds is 2. The van der Waals surface area contributed by atoms with E-state index in [2.05, 4.69) is 16.9 Å². The fourth-order valence-electron chi connectivity index (χ4n) is 2.52. The number of pyridine rings is 1. The van der Waals surface area contributed by atoms with Crippen molar-refractivity contribution in [2.24, 2.45) is 0 Å². The number of aromatic nitrogens is 2. The first-order chi connectivity index (χ1) is 9.51. The van der Waals surface area contributed by atoms with E-state index in [0.29, 0.717) is 27.7 Å². The highest BCUT2D eigenvalue weighted by atomic mass is 32.2. The maximum absolute atomic E-state index is 12.9. The summed E-state index contributed by atoms with van der Waals surface area (Å²) in [4.78, 5) is 7.41. The first kappa shape index (κ1) is 13.9. The zero-order valence-corrected chi connectivity index (χ0v) is 13.0. The molecule has 0 bridgehead atoms. The summed E-state index contributed by atoms with van der Waals surface area (Å²) in [6.07, 6.45) is 3.20. The highest BCUT2D eigenvalue weighted by Crippen LogP contribution is 2.31. The van der Waals surface area contributed by atoms with Gasteiger partial charge in [-0.2, -0.15) is 16.1 Å². The van der Waals surface area contributed by atoms with Crippen molar-refractivity contribution < 1.29 is 8.42 Å². The second kappa shape index (κ2) is 5.05. The zero-order chi connectivity index (χ0) is 14.3. The molecule has 1 aliphatic rings. The van der Waals surface area contributed by atoms with Crippen LogP contribution >= 0.6 is 11.8 Å². The van der Waals surface area contributed by atoms with Crippen LogP contribution in [-0.4, -0.2) is 46.3 Å². The van der Waals surface area contributed by atoms with Crippen molar-refractivity contribution in [3.05, 3.63) is 24.5 Å². The normalized spacial score (nSPS) is 25.1. The average molecular weight is 311 g/mol. The monoisotopic (exact) mass is 311 g/mol. The van der Waals surface area contributed by atoms with E-state index in [1.165, 1.54) is 0 Å². The summed E-state index contributed by atoms with van der Waals surface area (Å²) in [5, 5.41) is 0.965. The van der Waals surface area contributed by atoms with E-state index in [0.717, 1.165) is 5.75 Å². The van der Waals surface area contributed by atoms with Gasteiger partial charge in [-0.1, -0.05) is 6.92 Å². The Balaban J connectivity index is 2.08. The van der Waals surface area contributed by atoms with E-state index < -0.39 is 10.0 Å². The van der Waals surface area contributed by atoms with Gasteiger partial charge in [-0.15, -0.1) is 0 Å². The molecule has 3 rings (SSSR count). The lowest BCUT2D eigenvalue weighted by Crippen LogP contribution is -2.47. The Bertz CT molecular complexity index is 726. The van der Waals surface area contributed by atoms with Crippen LogP contribution in [0.4, 0.5) is 0 Å². The molecule has 1 fully saturated rings. The summed E-state index contributed by atoms with van der Waals surface area (Å²) in [6, 6.07) is 3.55. The Labute approximate surface area is 122 Å². The average Bonchev–Trinajstić information content (AvgIpc) is 2.86. The molecule has 0 aliphatic carbocycles. The number of H-pyrrole nitrogens is 1. The van der Waals surface area contributed by atoms with Crippen LogP contribution in [0.2, 0.25) is 0 Å². The second-order valence-corrected chi connectivity index (χ2v) is 8.33. The fraction of sp³-hybridized carbons (Fsp3) is 0.462. The van der Waals surface area contributed by atoms with Crippen LogP contribution in [0.5, 0.6) is 0 Å². The first-order valence-electron chi connectivity index (χ1n) is 6.57. The zero-order valence-electron chi connectivity index (χ0n) is 11.4. The molecule has 1 saturated heterocycles. The largest absolute Gasteiger partial charge is 0.345 e. The number of fused-ring (bicyclic) bond motifs is 1. The molecule has 7 heteroatoms. The summed E-state index contributed by atoms with van der Waals surface area (Å²) in [7, 11) is -3.48. The first-order valence-corrected chi connectivity index (χ1v) is 9.06. The van der Waals surface area contributed by atoms with Crippen LogP contribution < -0.4 is 0 Å². The van der Waals surface area contributed by atoms with Crippen molar-refractivity contribution in [1.82, 2.24) is 14.3 Å². The van der Waals surface area contributed by atoms with Gasteiger partial charge in [0.25, 0.3) is 0 Å². The van der Waals surface area contributed by atoms with Crippen molar-refractivity contribution in [2.45, 2.75) is 30.0 Å². The summed E-state index contributed by atoms with van der Waals surface area (Å²) >= 11 is 1.82. The van der Waals surface area contributed by atoms with Crippen LogP contribution in [0.3, 0.4) is 0 Å². The van der Waals surface area contributed by atoms with Crippen molar-refractivity contribution in [3.63, 3.8) is 0 Å². The quantitative estimate of drug-likeness (QED) is 0.922. The molecule has 0 amide bonds. The van der Waals surface area contributed by atoms with Gasteiger partial charge < -0.3 is 4.98 Å². The summed E-state index contributed by atoms with van der Waals surface area (Å²) in [5.74, 6) is 0.839. The molecule has 0 spiro atoms. The molecule has 3 heterocycles. The van der Waals surface area contributed by atoms with Crippen molar-refractivity contribution in [3.8, 4) is 0 Å². The number of sulfonamides is 1. The Hall–Kier alpha value is -1.05. The number of hydrogen-bond donors (Lipinski definition) is 1. The minimum absolute atomic E-state index is 0.000344. The standard InChI is InChI=1S/C13H17N3O2S2/c1-9-10(2)19-7-6-16(9)20(17,18)12-8-15-13-11(12)4-3-5-14-13/h3-5,8-10H,6-7H2,1-2H3,(H,14,15). The summed E-state index contributed by atoms with van der Waals surface area (Å²) in [6.45, 7) is 4.61. The SMILES string of the molecule is CC1SCCN(S(=O)(=O)c2c[nH]c3ncccc23)C1C. The molecule has 2 aromatic heterocycles. The molecule has 2 unspecified atom stereocenters. The van der Waals surface area contributed by atoms with Gasteiger partial charge in [0.15, 0.2) is 0 Å². The third-order valence-electron chi connectivity index (χ3n) is 3.83. The van der Waals surface area contributed by atoms with E-state index in [9.17, 15) is 8.42 Å². The Morgan fingerprint density at radius 2 is 2.25 bits per heavy atom. The number of nitrogens with one attached hydrogen (secondary N) is 1. The molecule has 0 aromatic carbocycles. The van der Waals surface area contributed by atoms with Gasteiger partial charge in [-0.05, 0) is 19.1 Å². The van der Waals surface area contributed by atoms with Gasteiger partial charge in [0.2, 0.25) is 10.0 Å². The topological polar surface area (TPSA) is 66.1 Å². The molecule has 2 aromatic rings. The molecular formula is C13H17N3O2S2. The maximum Gasteiger partial charge on any atom is 0.245 e.